The van der Waals surface area contributed by atoms with Crippen LogP contribution >= 0.6 is 0 Å². The third kappa shape index (κ3) is 3.35. The van der Waals surface area contributed by atoms with E-state index in [0.29, 0.717) is 40.7 Å². The summed E-state index contributed by atoms with van der Waals surface area (Å²) in [5, 5.41) is 5.83. The highest BCUT2D eigenvalue weighted by Crippen LogP contribution is 2.38. The Morgan fingerprint density at radius 1 is 1.10 bits per heavy atom. The quantitative estimate of drug-likeness (QED) is 0.720. The predicted octanol–water partition coefficient (Wildman–Crippen LogP) is 2.72. The normalized spacial score (nSPS) is 14.6. The summed E-state index contributed by atoms with van der Waals surface area (Å²) in [6.45, 7) is 0.458. The zero-order valence-electron chi connectivity index (χ0n) is 16.3. The number of carbonyl (C=O) groups is 1. The van der Waals surface area contributed by atoms with Crippen molar-refractivity contribution < 1.29 is 28.5 Å². The molecule has 0 fully saturated rings. The van der Waals surface area contributed by atoms with E-state index in [9.17, 15) is 9.70 Å². The van der Waals surface area contributed by atoms with Crippen molar-refractivity contribution in [3.05, 3.63) is 46.4 Å². The number of ether oxygens (including phenoxy) is 4. The third-order valence-corrected chi connectivity index (χ3v) is 4.81. The Labute approximate surface area is 167 Å². The van der Waals surface area contributed by atoms with Gasteiger partial charge in [0, 0.05) is 27.7 Å². The van der Waals surface area contributed by atoms with Crippen molar-refractivity contribution in [2.24, 2.45) is 5.10 Å². The number of methoxy groups -OCH3 is 2. The Kier molecular flexibility index (Phi) is 4.79. The zero-order valence-corrected chi connectivity index (χ0v) is 16.3. The van der Waals surface area contributed by atoms with Crippen molar-refractivity contribution in [1.29, 1.82) is 0 Å². The van der Waals surface area contributed by atoms with Crippen LogP contribution in [-0.4, -0.2) is 56.0 Å². The molecule has 2 aromatic rings. The van der Waals surface area contributed by atoms with Gasteiger partial charge in [0.25, 0.3) is 11.6 Å². The molecule has 0 atom stereocenters. The largest absolute Gasteiger partial charge is 0.493 e. The fourth-order valence-electron chi connectivity index (χ4n) is 3.32. The summed E-state index contributed by atoms with van der Waals surface area (Å²) in [5.74, 6) is 1.70. The Hall–Kier alpha value is -3.62. The molecule has 0 N–H and O–H groups in total. The molecule has 9 heteroatoms. The first-order valence-electron chi connectivity index (χ1n) is 8.98. The van der Waals surface area contributed by atoms with Crippen molar-refractivity contribution in [2.75, 3.05) is 34.6 Å². The van der Waals surface area contributed by atoms with E-state index in [1.54, 1.807) is 20.3 Å². The molecular formula is C20H20N3O6+. The summed E-state index contributed by atoms with van der Waals surface area (Å²) in [7, 11) is 4.46. The standard InChI is InChI=1S/C20H20N3O6/c1-22(25)15-10-19-18(28-11-29-19)9-13(15)20(24)23-7-6-14(21-23)12-4-5-16(26-2)17(8-12)27-3/h4-5,8-10H,6-7,11H2,1-3H3/q+1. The molecule has 0 saturated heterocycles. The van der Waals surface area contributed by atoms with Crippen molar-refractivity contribution in [3.63, 3.8) is 0 Å². The second-order valence-corrected chi connectivity index (χ2v) is 6.51. The summed E-state index contributed by atoms with van der Waals surface area (Å²) < 4.78 is 21.9. The highest BCUT2D eigenvalue weighted by Gasteiger charge is 2.32. The minimum Gasteiger partial charge on any atom is -0.493 e. The van der Waals surface area contributed by atoms with Gasteiger partial charge in [-0.15, -0.1) is 0 Å². The van der Waals surface area contributed by atoms with Gasteiger partial charge in [-0.05, 0) is 18.2 Å². The van der Waals surface area contributed by atoms with Crippen LogP contribution in [0.2, 0.25) is 0 Å². The van der Waals surface area contributed by atoms with E-state index in [2.05, 4.69) is 5.10 Å². The molecular weight excluding hydrogens is 378 g/mol. The molecule has 2 heterocycles. The molecule has 0 bridgehead atoms. The van der Waals surface area contributed by atoms with Crippen LogP contribution in [0, 0.1) is 4.91 Å². The fraction of sp³-hybridized carbons (Fsp3) is 0.300. The molecule has 0 saturated carbocycles. The lowest BCUT2D eigenvalue weighted by Gasteiger charge is -2.12. The van der Waals surface area contributed by atoms with Gasteiger partial charge in [-0.1, -0.05) is 0 Å². The molecule has 150 valence electrons. The van der Waals surface area contributed by atoms with Gasteiger partial charge in [0.15, 0.2) is 30.0 Å². The summed E-state index contributed by atoms with van der Waals surface area (Å²) in [5.41, 5.74) is 2.00. The van der Waals surface area contributed by atoms with E-state index in [0.717, 1.165) is 11.3 Å². The maximum Gasteiger partial charge on any atom is 0.281 e. The molecule has 4 rings (SSSR count). The van der Waals surface area contributed by atoms with Crippen molar-refractivity contribution in [2.45, 2.75) is 6.42 Å². The lowest BCUT2D eigenvalue weighted by atomic mass is 10.1. The Morgan fingerprint density at radius 3 is 2.52 bits per heavy atom. The van der Waals surface area contributed by atoms with Gasteiger partial charge < -0.3 is 18.9 Å². The van der Waals surface area contributed by atoms with Crippen molar-refractivity contribution in [3.8, 4) is 23.0 Å². The number of rotatable bonds is 5. The van der Waals surface area contributed by atoms with Crippen LogP contribution in [0.25, 0.3) is 0 Å². The van der Waals surface area contributed by atoms with Gasteiger partial charge in [0.2, 0.25) is 6.79 Å². The molecule has 1 amide bonds. The number of fused-ring (bicyclic) bond motifs is 1. The number of hydrogen-bond acceptors (Lipinski definition) is 7. The van der Waals surface area contributed by atoms with Crippen LogP contribution in [0.1, 0.15) is 22.3 Å². The van der Waals surface area contributed by atoms with Crippen LogP contribution in [0.5, 0.6) is 23.0 Å². The fourth-order valence-corrected chi connectivity index (χ4v) is 3.32. The highest BCUT2D eigenvalue weighted by molar-refractivity contribution is 6.06. The minimum atomic E-state index is -0.378. The van der Waals surface area contributed by atoms with E-state index >= 15 is 0 Å². The average Bonchev–Trinajstić information content (AvgIpc) is 3.40. The number of benzene rings is 2. The van der Waals surface area contributed by atoms with E-state index in [-0.39, 0.29) is 24.0 Å². The first-order valence-corrected chi connectivity index (χ1v) is 8.98. The molecule has 0 aliphatic carbocycles. The predicted molar refractivity (Wildman–Crippen MR) is 104 cm³/mol. The number of hydrazone groups is 1. The summed E-state index contributed by atoms with van der Waals surface area (Å²) in [4.78, 5) is 25.1. The summed E-state index contributed by atoms with van der Waals surface area (Å²) in [6, 6.07) is 8.52. The number of nitroso groups, excluding NO2 is 1. The van der Waals surface area contributed by atoms with E-state index < -0.39 is 0 Å². The smallest absolute Gasteiger partial charge is 0.281 e. The molecule has 0 spiro atoms. The van der Waals surface area contributed by atoms with Crippen LogP contribution in [-0.2, 0) is 0 Å². The second kappa shape index (κ2) is 7.42. The monoisotopic (exact) mass is 398 g/mol. The van der Waals surface area contributed by atoms with E-state index in [4.69, 9.17) is 18.9 Å². The molecule has 2 aliphatic heterocycles. The van der Waals surface area contributed by atoms with Crippen LogP contribution < -0.4 is 18.9 Å². The topological polar surface area (TPSA) is 89.7 Å². The molecule has 0 unspecified atom stereocenters. The number of nitrogens with zero attached hydrogens (tertiary/aromatic N) is 3. The molecule has 0 radical (unpaired) electrons. The minimum absolute atomic E-state index is 0.0559. The first-order chi connectivity index (χ1) is 14.0. The Balaban J connectivity index is 1.65. The lowest BCUT2D eigenvalue weighted by Crippen LogP contribution is -2.24. The molecule has 0 aromatic heterocycles. The number of carbonyl (C=O) groups excluding carboxylic acids is 1. The zero-order chi connectivity index (χ0) is 20.5. The molecule has 2 aromatic carbocycles. The molecule has 2 aliphatic rings. The summed E-state index contributed by atoms with van der Waals surface area (Å²) in [6.07, 6.45) is 0.578. The average molecular weight is 398 g/mol. The van der Waals surface area contributed by atoms with Crippen LogP contribution in [0.15, 0.2) is 35.4 Å². The van der Waals surface area contributed by atoms with E-state index in [1.807, 2.05) is 12.1 Å². The van der Waals surface area contributed by atoms with Gasteiger partial charge in [0.05, 0.1) is 32.5 Å². The second-order valence-electron chi connectivity index (χ2n) is 6.51. The van der Waals surface area contributed by atoms with E-state index in [1.165, 1.54) is 24.2 Å². The highest BCUT2D eigenvalue weighted by atomic mass is 16.7. The van der Waals surface area contributed by atoms with Gasteiger partial charge in [0.1, 0.15) is 5.56 Å². The SMILES string of the molecule is COc1ccc(C2=NN(C(=O)c3cc4c(cc3[N+](C)=O)OCO4)CC2)cc1OC. The van der Waals surface area contributed by atoms with Gasteiger partial charge in [-0.2, -0.15) is 5.10 Å². The first kappa shape index (κ1) is 18.7. The van der Waals surface area contributed by atoms with Crippen LogP contribution in [0.3, 0.4) is 0 Å². The molecule has 29 heavy (non-hydrogen) atoms. The Bertz CT molecular complexity index is 1030. The summed E-state index contributed by atoms with van der Waals surface area (Å²) >= 11 is 0. The van der Waals surface area contributed by atoms with Gasteiger partial charge in [-0.25, -0.2) is 5.01 Å². The van der Waals surface area contributed by atoms with Crippen LogP contribution in [0.4, 0.5) is 5.69 Å². The lowest BCUT2D eigenvalue weighted by molar-refractivity contribution is -0.428. The third-order valence-electron chi connectivity index (χ3n) is 4.81. The number of hydrogen-bond donors (Lipinski definition) is 0. The molecule has 9 nitrogen and oxygen atoms in total. The van der Waals surface area contributed by atoms with Gasteiger partial charge in [-0.3, -0.25) is 4.79 Å². The maximum absolute atomic E-state index is 13.1. The Morgan fingerprint density at radius 2 is 1.83 bits per heavy atom. The van der Waals surface area contributed by atoms with Gasteiger partial charge >= 0.3 is 0 Å². The maximum atomic E-state index is 13.1. The van der Waals surface area contributed by atoms with Crippen molar-refractivity contribution in [1.82, 2.24) is 5.01 Å². The number of amides is 1. The van der Waals surface area contributed by atoms with Crippen molar-refractivity contribution >= 4 is 17.3 Å².